The third-order valence-corrected chi connectivity index (χ3v) is 3.38. The number of aryl methyl sites for hydroxylation is 1. The molecule has 0 bridgehead atoms. The summed E-state index contributed by atoms with van der Waals surface area (Å²) in [5.74, 6) is 0.804. The van der Waals surface area contributed by atoms with Gasteiger partial charge in [-0.1, -0.05) is 30.3 Å². The Morgan fingerprint density at radius 1 is 1.14 bits per heavy atom. The molecule has 0 saturated heterocycles. The van der Waals surface area contributed by atoms with E-state index in [4.69, 9.17) is 0 Å². The van der Waals surface area contributed by atoms with Gasteiger partial charge in [0.25, 0.3) is 0 Å². The van der Waals surface area contributed by atoms with E-state index >= 15 is 0 Å². The Balaban J connectivity index is 1.71. The van der Waals surface area contributed by atoms with Crippen molar-refractivity contribution in [3.8, 4) is 0 Å². The molecule has 2 aromatic rings. The summed E-state index contributed by atoms with van der Waals surface area (Å²) in [4.78, 5) is 16.0. The molecule has 1 atom stereocenters. The molecule has 0 aliphatic rings. The quantitative estimate of drug-likeness (QED) is 0.718. The van der Waals surface area contributed by atoms with E-state index in [0.29, 0.717) is 13.1 Å². The Hall–Kier alpha value is -2.56. The molecular formula is C17H22N4O. The van der Waals surface area contributed by atoms with Gasteiger partial charge in [0, 0.05) is 19.3 Å². The predicted octanol–water partition coefficient (Wildman–Crippen LogP) is 2.86. The van der Waals surface area contributed by atoms with E-state index in [1.165, 1.54) is 5.56 Å². The molecule has 5 heteroatoms. The van der Waals surface area contributed by atoms with Crippen molar-refractivity contribution in [1.29, 1.82) is 0 Å². The van der Waals surface area contributed by atoms with Crippen molar-refractivity contribution in [2.24, 2.45) is 0 Å². The van der Waals surface area contributed by atoms with Crippen LogP contribution in [0.1, 0.15) is 24.1 Å². The van der Waals surface area contributed by atoms with E-state index < -0.39 is 0 Å². The van der Waals surface area contributed by atoms with Crippen molar-refractivity contribution in [2.45, 2.75) is 19.9 Å². The van der Waals surface area contributed by atoms with Gasteiger partial charge in [0.1, 0.15) is 5.82 Å². The summed E-state index contributed by atoms with van der Waals surface area (Å²) in [6.07, 6.45) is 1.73. The van der Waals surface area contributed by atoms with Crippen molar-refractivity contribution < 1.29 is 4.79 Å². The van der Waals surface area contributed by atoms with Crippen LogP contribution in [-0.2, 0) is 0 Å². The molecule has 0 fully saturated rings. The molecule has 2 amide bonds. The molecular weight excluding hydrogens is 276 g/mol. The van der Waals surface area contributed by atoms with Crippen molar-refractivity contribution in [3.63, 3.8) is 0 Å². The molecule has 0 radical (unpaired) electrons. The molecule has 1 aromatic carbocycles. The van der Waals surface area contributed by atoms with Gasteiger partial charge < -0.3 is 16.0 Å². The first-order valence-corrected chi connectivity index (χ1v) is 7.41. The SMILES string of the molecule is Cc1ccccc1C(C)NC(=O)NCCNc1ccccn1. The van der Waals surface area contributed by atoms with Crippen LogP contribution in [0.5, 0.6) is 0 Å². The number of anilines is 1. The highest BCUT2D eigenvalue weighted by atomic mass is 16.2. The topological polar surface area (TPSA) is 66.1 Å². The highest BCUT2D eigenvalue weighted by molar-refractivity contribution is 5.74. The number of rotatable bonds is 6. The minimum absolute atomic E-state index is 0.0232. The first kappa shape index (κ1) is 15.8. The summed E-state index contributed by atoms with van der Waals surface area (Å²) in [5.41, 5.74) is 2.30. The van der Waals surface area contributed by atoms with Gasteiger partial charge in [-0.15, -0.1) is 0 Å². The smallest absolute Gasteiger partial charge is 0.315 e. The van der Waals surface area contributed by atoms with Gasteiger partial charge in [0.15, 0.2) is 0 Å². The maximum atomic E-state index is 11.9. The lowest BCUT2D eigenvalue weighted by atomic mass is 10.0. The Labute approximate surface area is 131 Å². The van der Waals surface area contributed by atoms with Crippen LogP contribution in [0, 0.1) is 6.92 Å². The minimum atomic E-state index is -0.168. The zero-order valence-corrected chi connectivity index (χ0v) is 13.0. The molecule has 3 N–H and O–H groups in total. The number of amides is 2. The van der Waals surface area contributed by atoms with Crippen LogP contribution in [0.25, 0.3) is 0 Å². The maximum Gasteiger partial charge on any atom is 0.315 e. The van der Waals surface area contributed by atoms with Gasteiger partial charge in [-0.2, -0.15) is 0 Å². The molecule has 2 rings (SSSR count). The van der Waals surface area contributed by atoms with E-state index in [1.807, 2.05) is 56.3 Å². The van der Waals surface area contributed by atoms with Gasteiger partial charge in [-0.25, -0.2) is 9.78 Å². The van der Waals surface area contributed by atoms with E-state index in [9.17, 15) is 4.79 Å². The molecule has 1 heterocycles. The monoisotopic (exact) mass is 298 g/mol. The zero-order chi connectivity index (χ0) is 15.8. The lowest BCUT2D eigenvalue weighted by molar-refractivity contribution is 0.238. The molecule has 22 heavy (non-hydrogen) atoms. The van der Waals surface area contributed by atoms with Crippen molar-refractivity contribution in [3.05, 3.63) is 59.8 Å². The third kappa shape index (κ3) is 4.77. The molecule has 116 valence electrons. The number of pyridine rings is 1. The molecule has 1 unspecified atom stereocenters. The summed E-state index contributed by atoms with van der Waals surface area (Å²) < 4.78 is 0. The number of aromatic nitrogens is 1. The van der Waals surface area contributed by atoms with Crippen LogP contribution in [0.3, 0.4) is 0 Å². The highest BCUT2D eigenvalue weighted by Crippen LogP contribution is 2.16. The lowest BCUT2D eigenvalue weighted by Gasteiger charge is -2.17. The maximum absolute atomic E-state index is 11.9. The number of carbonyl (C=O) groups excluding carboxylic acids is 1. The molecule has 0 aliphatic heterocycles. The van der Waals surface area contributed by atoms with Crippen LogP contribution in [0.4, 0.5) is 10.6 Å². The number of urea groups is 1. The van der Waals surface area contributed by atoms with Gasteiger partial charge in [0.05, 0.1) is 6.04 Å². The van der Waals surface area contributed by atoms with E-state index in [2.05, 4.69) is 20.9 Å². The van der Waals surface area contributed by atoms with Crippen LogP contribution >= 0.6 is 0 Å². The molecule has 0 aliphatic carbocycles. The molecule has 5 nitrogen and oxygen atoms in total. The first-order chi connectivity index (χ1) is 10.7. The van der Waals surface area contributed by atoms with Crippen molar-refractivity contribution >= 4 is 11.8 Å². The fraction of sp³-hybridized carbons (Fsp3) is 0.294. The number of hydrogen-bond acceptors (Lipinski definition) is 3. The highest BCUT2D eigenvalue weighted by Gasteiger charge is 2.10. The second-order valence-corrected chi connectivity index (χ2v) is 5.12. The Kier molecular flexibility index (Phi) is 5.77. The zero-order valence-electron chi connectivity index (χ0n) is 13.0. The Morgan fingerprint density at radius 3 is 2.64 bits per heavy atom. The Bertz CT molecular complexity index is 601. The fourth-order valence-electron chi connectivity index (χ4n) is 2.23. The van der Waals surface area contributed by atoms with Crippen LogP contribution < -0.4 is 16.0 Å². The summed E-state index contributed by atoms with van der Waals surface area (Å²) in [7, 11) is 0. The Morgan fingerprint density at radius 2 is 1.91 bits per heavy atom. The largest absolute Gasteiger partial charge is 0.368 e. The molecule has 0 saturated carbocycles. The van der Waals surface area contributed by atoms with Crippen LogP contribution in [-0.4, -0.2) is 24.1 Å². The number of benzene rings is 1. The van der Waals surface area contributed by atoms with Gasteiger partial charge >= 0.3 is 6.03 Å². The second-order valence-electron chi connectivity index (χ2n) is 5.12. The standard InChI is InChI=1S/C17H22N4O/c1-13-7-3-4-8-15(13)14(2)21-17(22)20-12-11-19-16-9-5-6-10-18-16/h3-10,14H,11-12H2,1-2H3,(H,18,19)(H2,20,21,22). The average molecular weight is 298 g/mol. The van der Waals surface area contributed by atoms with Crippen molar-refractivity contribution in [1.82, 2.24) is 15.6 Å². The summed E-state index contributed by atoms with van der Waals surface area (Å²) in [5, 5.41) is 8.92. The van der Waals surface area contributed by atoms with E-state index in [-0.39, 0.29) is 12.1 Å². The summed E-state index contributed by atoms with van der Waals surface area (Å²) in [6, 6.07) is 13.5. The van der Waals surface area contributed by atoms with E-state index in [0.717, 1.165) is 11.4 Å². The van der Waals surface area contributed by atoms with E-state index in [1.54, 1.807) is 6.20 Å². The third-order valence-electron chi connectivity index (χ3n) is 3.38. The predicted molar refractivity (Wildman–Crippen MR) is 88.9 cm³/mol. The van der Waals surface area contributed by atoms with Gasteiger partial charge in [-0.3, -0.25) is 0 Å². The number of hydrogen-bond donors (Lipinski definition) is 3. The fourth-order valence-corrected chi connectivity index (χ4v) is 2.23. The second kappa shape index (κ2) is 8.02. The first-order valence-electron chi connectivity index (χ1n) is 7.41. The minimum Gasteiger partial charge on any atom is -0.368 e. The number of nitrogens with one attached hydrogen (secondary N) is 3. The normalized spacial score (nSPS) is 11.5. The van der Waals surface area contributed by atoms with Crippen LogP contribution in [0.15, 0.2) is 48.7 Å². The molecule has 0 spiro atoms. The summed E-state index contributed by atoms with van der Waals surface area (Å²) in [6.45, 7) is 5.18. The number of nitrogens with zero attached hydrogens (tertiary/aromatic N) is 1. The van der Waals surface area contributed by atoms with Gasteiger partial charge in [-0.05, 0) is 37.1 Å². The lowest BCUT2D eigenvalue weighted by Crippen LogP contribution is -2.39. The molecule has 1 aromatic heterocycles. The van der Waals surface area contributed by atoms with Gasteiger partial charge in [0.2, 0.25) is 0 Å². The summed E-state index contributed by atoms with van der Waals surface area (Å²) >= 11 is 0. The average Bonchev–Trinajstić information content (AvgIpc) is 2.53. The number of carbonyl (C=O) groups is 1. The van der Waals surface area contributed by atoms with Crippen LogP contribution in [0.2, 0.25) is 0 Å². The van der Waals surface area contributed by atoms with Crippen molar-refractivity contribution in [2.75, 3.05) is 18.4 Å².